The van der Waals surface area contributed by atoms with Crippen LogP contribution in [0.25, 0.3) is 5.70 Å². The third-order valence-electron chi connectivity index (χ3n) is 3.99. The Morgan fingerprint density at radius 2 is 1.96 bits per heavy atom. The highest BCUT2D eigenvalue weighted by molar-refractivity contribution is 7.12. The Morgan fingerprint density at radius 3 is 2.62 bits per heavy atom. The van der Waals surface area contributed by atoms with Crippen molar-refractivity contribution >= 4 is 22.7 Å². The van der Waals surface area contributed by atoms with Crippen LogP contribution in [0.5, 0.6) is 0 Å². The summed E-state index contributed by atoms with van der Waals surface area (Å²) in [6.07, 6.45) is 3.43. The Labute approximate surface area is 156 Å². The van der Waals surface area contributed by atoms with Crippen molar-refractivity contribution in [1.29, 1.82) is 5.41 Å². The van der Waals surface area contributed by atoms with Crippen molar-refractivity contribution in [3.63, 3.8) is 0 Å². The number of allylic oxidation sites excluding steroid dienone is 1. The number of nitrogens with one attached hydrogen (secondary N) is 2. The van der Waals surface area contributed by atoms with Crippen molar-refractivity contribution in [2.45, 2.75) is 20.4 Å². The summed E-state index contributed by atoms with van der Waals surface area (Å²) in [5.74, 6) is -0.239. The Kier molecular flexibility index (Phi) is 5.58. The van der Waals surface area contributed by atoms with E-state index in [1.54, 1.807) is 41.8 Å². The maximum Gasteiger partial charge on any atom is 0.128 e. The molecule has 0 aliphatic heterocycles. The third kappa shape index (κ3) is 4.24. The topological polar surface area (TPSA) is 48.8 Å². The summed E-state index contributed by atoms with van der Waals surface area (Å²) in [5.41, 5.74) is 3.33. The van der Waals surface area contributed by atoms with Gasteiger partial charge in [0.15, 0.2) is 0 Å². The average Bonchev–Trinajstić information content (AvgIpc) is 2.98. The van der Waals surface area contributed by atoms with Gasteiger partial charge in [-0.05, 0) is 44.2 Å². The first-order chi connectivity index (χ1) is 12.5. The van der Waals surface area contributed by atoms with E-state index >= 15 is 0 Å². The molecule has 1 aromatic carbocycles. The van der Waals surface area contributed by atoms with E-state index in [1.165, 1.54) is 10.9 Å². The van der Waals surface area contributed by atoms with Crippen LogP contribution < -0.4 is 5.32 Å². The molecule has 3 rings (SSSR count). The number of hydrogen-bond acceptors (Lipinski definition) is 4. The number of hydrogen-bond donors (Lipinski definition) is 2. The summed E-state index contributed by atoms with van der Waals surface area (Å²) in [6.45, 7) is 4.46. The van der Waals surface area contributed by atoms with Crippen molar-refractivity contribution in [3.8, 4) is 0 Å². The molecule has 0 aliphatic rings. The second-order valence-corrected chi connectivity index (χ2v) is 7.42. The molecule has 0 spiro atoms. The second kappa shape index (κ2) is 8.06. The van der Waals surface area contributed by atoms with E-state index in [0.717, 1.165) is 16.1 Å². The molecule has 3 nitrogen and oxygen atoms in total. The lowest BCUT2D eigenvalue weighted by molar-refractivity contribution is 0.605. The summed E-state index contributed by atoms with van der Waals surface area (Å²) >= 11 is 1.70. The number of rotatable bonds is 6. The number of aromatic nitrogens is 1. The number of halogens is 1. The highest BCUT2D eigenvalue weighted by atomic mass is 32.1. The van der Waals surface area contributed by atoms with Gasteiger partial charge in [0.1, 0.15) is 5.82 Å². The van der Waals surface area contributed by atoms with E-state index < -0.39 is 0 Å². The van der Waals surface area contributed by atoms with Gasteiger partial charge in [0.2, 0.25) is 0 Å². The molecule has 5 heteroatoms. The van der Waals surface area contributed by atoms with Crippen LogP contribution in [0.2, 0.25) is 0 Å². The molecule has 0 atom stereocenters. The van der Waals surface area contributed by atoms with E-state index in [4.69, 9.17) is 5.41 Å². The number of pyridine rings is 1. The highest BCUT2D eigenvalue weighted by Crippen LogP contribution is 2.26. The zero-order valence-corrected chi connectivity index (χ0v) is 15.5. The van der Waals surface area contributed by atoms with Gasteiger partial charge in [-0.15, -0.1) is 11.3 Å². The van der Waals surface area contributed by atoms with Crippen LogP contribution in [0, 0.1) is 25.1 Å². The number of nitrogens with zero attached hydrogens (tertiary/aromatic N) is 1. The normalized spacial score (nSPS) is 11.4. The van der Waals surface area contributed by atoms with Crippen molar-refractivity contribution in [1.82, 2.24) is 10.3 Å². The monoisotopic (exact) mass is 365 g/mol. The predicted molar refractivity (Wildman–Crippen MR) is 106 cm³/mol. The molecule has 0 unspecified atom stereocenters. The maximum absolute atomic E-state index is 13.9. The van der Waals surface area contributed by atoms with Crippen LogP contribution in [-0.2, 0) is 6.54 Å². The number of benzene rings is 1. The first kappa shape index (κ1) is 18.0. The van der Waals surface area contributed by atoms with Crippen LogP contribution >= 0.6 is 11.3 Å². The Bertz CT molecular complexity index is 945. The predicted octanol–water partition coefficient (Wildman–Crippen LogP) is 5.10. The lowest BCUT2D eigenvalue weighted by atomic mass is 10.1. The summed E-state index contributed by atoms with van der Waals surface area (Å²) < 4.78 is 13.9. The molecule has 0 saturated carbocycles. The van der Waals surface area contributed by atoms with Crippen LogP contribution in [0.1, 0.15) is 26.6 Å². The molecule has 26 heavy (non-hydrogen) atoms. The molecule has 0 amide bonds. The van der Waals surface area contributed by atoms with E-state index in [1.807, 2.05) is 18.2 Å². The molecule has 0 fully saturated rings. The Morgan fingerprint density at radius 1 is 1.19 bits per heavy atom. The van der Waals surface area contributed by atoms with Gasteiger partial charge in [0.25, 0.3) is 0 Å². The fourth-order valence-electron chi connectivity index (χ4n) is 2.69. The van der Waals surface area contributed by atoms with Crippen LogP contribution in [0.15, 0.2) is 60.8 Å². The van der Waals surface area contributed by atoms with Gasteiger partial charge in [-0.1, -0.05) is 24.3 Å². The molecule has 3 aromatic rings. The third-order valence-corrected chi connectivity index (χ3v) is 4.95. The molecule has 0 bridgehead atoms. The summed E-state index contributed by atoms with van der Waals surface area (Å²) in [4.78, 5) is 6.58. The lowest BCUT2D eigenvalue weighted by Crippen LogP contribution is -2.15. The highest BCUT2D eigenvalue weighted by Gasteiger charge is 2.11. The maximum atomic E-state index is 13.9. The summed E-state index contributed by atoms with van der Waals surface area (Å²) in [5, 5.41) is 11.7. The molecule has 132 valence electrons. The zero-order chi connectivity index (χ0) is 18.5. The lowest BCUT2D eigenvalue weighted by Gasteiger charge is -2.12. The molecular formula is C21H20FN3S. The van der Waals surface area contributed by atoms with Gasteiger partial charge in [0, 0.05) is 39.3 Å². The molecule has 0 aliphatic carbocycles. The fourth-order valence-corrected chi connectivity index (χ4v) is 3.63. The summed E-state index contributed by atoms with van der Waals surface area (Å²) in [6, 6.07) is 14.3. The van der Waals surface area contributed by atoms with Gasteiger partial charge < -0.3 is 5.32 Å². The minimum Gasteiger partial charge on any atom is -0.380 e. The molecule has 0 radical (unpaired) electrons. The second-order valence-electron chi connectivity index (χ2n) is 5.96. The largest absolute Gasteiger partial charge is 0.380 e. The van der Waals surface area contributed by atoms with Crippen molar-refractivity contribution in [2.75, 3.05) is 0 Å². The van der Waals surface area contributed by atoms with Crippen molar-refractivity contribution < 1.29 is 4.39 Å². The van der Waals surface area contributed by atoms with Crippen LogP contribution in [-0.4, -0.2) is 10.7 Å². The van der Waals surface area contributed by atoms with E-state index in [-0.39, 0.29) is 5.82 Å². The van der Waals surface area contributed by atoms with E-state index in [2.05, 4.69) is 30.2 Å². The molecule has 2 N–H and O–H groups in total. The van der Waals surface area contributed by atoms with Crippen molar-refractivity contribution in [2.24, 2.45) is 0 Å². The standard InChI is InChI=1S/C21H20FN3S/c1-14-11-17(15(2)26-14)21(12-19(23)20-9-5-6-10-24-20)25-13-16-7-3-4-8-18(16)22/h3-12,23,25H,13H2,1-2H3/b21-12-,23-19?. The SMILES string of the molecule is Cc1cc(/C(=C/C(=N)c2ccccn2)NCc2ccccc2F)c(C)s1. The molecule has 2 heterocycles. The first-order valence-electron chi connectivity index (χ1n) is 8.31. The van der Waals surface area contributed by atoms with Crippen LogP contribution in [0.3, 0.4) is 0 Å². The Balaban J connectivity index is 1.92. The Hall–Kier alpha value is -2.79. The smallest absolute Gasteiger partial charge is 0.128 e. The van der Waals surface area contributed by atoms with E-state index in [9.17, 15) is 4.39 Å². The van der Waals surface area contributed by atoms with Gasteiger partial charge in [0.05, 0.1) is 11.4 Å². The van der Waals surface area contributed by atoms with Crippen molar-refractivity contribution in [3.05, 3.63) is 93.2 Å². The molecule has 0 saturated heterocycles. The zero-order valence-electron chi connectivity index (χ0n) is 14.7. The minimum atomic E-state index is -0.239. The fraction of sp³-hybridized carbons (Fsp3) is 0.143. The van der Waals surface area contributed by atoms with Gasteiger partial charge in [-0.2, -0.15) is 0 Å². The quantitative estimate of drug-likeness (QED) is 0.597. The van der Waals surface area contributed by atoms with E-state index in [0.29, 0.717) is 23.5 Å². The van der Waals surface area contributed by atoms with Gasteiger partial charge in [-0.3, -0.25) is 10.4 Å². The molecule has 2 aromatic heterocycles. The average molecular weight is 365 g/mol. The van der Waals surface area contributed by atoms with Crippen LogP contribution in [0.4, 0.5) is 4.39 Å². The first-order valence-corrected chi connectivity index (χ1v) is 9.12. The van der Waals surface area contributed by atoms with Gasteiger partial charge in [-0.25, -0.2) is 4.39 Å². The van der Waals surface area contributed by atoms with Gasteiger partial charge >= 0.3 is 0 Å². The summed E-state index contributed by atoms with van der Waals surface area (Å²) in [7, 11) is 0. The molecular weight excluding hydrogens is 345 g/mol. The minimum absolute atomic E-state index is 0.239. The number of aryl methyl sites for hydroxylation is 2. The number of thiophene rings is 1.